The van der Waals surface area contributed by atoms with Crippen LogP contribution in [-0.2, 0) is 4.79 Å². The maximum atomic E-state index is 12.9. The molecular formula is C24H27NO5. The molecule has 1 aliphatic carbocycles. The van der Waals surface area contributed by atoms with Gasteiger partial charge in [-0.05, 0) is 67.6 Å². The molecule has 1 saturated heterocycles. The molecule has 4 rings (SSSR count). The summed E-state index contributed by atoms with van der Waals surface area (Å²) in [6, 6.07) is 12.6. The van der Waals surface area contributed by atoms with Crippen LogP contribution in [-0.4, -0.2) is 43.6 Å². The van der Waals surface area contributed by atoms with E-state index in [2.05, 4.69) is 0 Å². The number of rotatable bonds is 6. The summed E-state index contributed by atoms with van der Waals surface area (Å²) in [7, 11) is 3.20. The summed E-state index contributed by atoms with van der Waals surface area (Å²) in [5.74, 6) is 1.59. The molecular weight excluding hydrogens is 382 g/mol. The number of amides is 2. The molecule has 6 heteroatoms. The van der Waals surface area contributed by atoms with E-state index in [-0.39, 0.29) is 23.8 Å². The predicted octanol–water partition coefficient (Wildman–Crippen LogP) is 4.18. The van der Waals surface area contributed by atoms with Crippen molar-refractivity contribution in [2.75, 3.05) is 20.8 Å². The third kappa shape index (κ3) is 4.13. The van der Waals surface area contributed by atoms with E-state index < -0.39 is 0 Å². The molecule has 2 aromatic rings. The van der Waals surface area contributed by atoms with Gasteiger partial charge in [0.1, 0.15) is 5.75 Å². The first kappa shape index (κ1) is 20.3. The number of likely N-dealkylation sites (tertiary alicyclic amines) is 1. The van der Waals surface area contributed by atoms with Crippen LogP contribution in [0.15, 0.2) is 42.5 Å². The number of hydrogen-bond donors (Lipinski definition) is 0. The number of benzene rings is 2. The second-order valence-corrected chi connectivity index (χ2v) is 7.87. The van der Waals surface area contributed by atoms with Crippen LogP contribution in [0.3, 0.4) is 0 Å². The third-order valence-electron chi connectivity index (χ3n) is 5.96. The third-order valence-corrected chi connectivity index (χ3v) is 5.96. The first-order chi connectivity index (χ1) is 14.6. The Morgan fingerprint density at radius 3 is 2.37 bits per heavy atom. The van der Waals surface area contributed by atoms with Crippen molar-refractivity contribution in [1.29, 1.82) is 0 Å². The number of ether oxygens (including phenoxy) is 3. The highest BCUT2D eigenvalue weighted by Crippen LogP contribution is 2.37. The lowest BCUT2D eigenvalue weighted by Crippen LogP contribution is -2.32. The summed E-state index contributed by atoms with van der Waals surface area (Å²) >= 11 is 0. The molecule has 0 N–H and O–H groups in total. The molecule has 0 aromatic heterocycles. The first-order valence-corrected chi connectivity index (χ1v) is 10.4. The Balaban J connectivity index is 1.50. The molecule has 1 saturated carbocycles. The van der Waals surface area contributed by atoms with Crippen LogP contribution in [0.4, 0.5) is 0 Å². The highest BCUT2D eigenvalue weighted by Gasteiger charge is 2.35. The van der Waals surface area contributed by atoms with Crippen LogP contribution in [0, 0.1) is 0 Å². The molecule has 2 aliphatic rings. The zero-order valence-corrected chi connectivity index (χ0v) is 17.4. The van der Waals surface area contributed by atoms with E-state index in [0.717, 1.165) is 18.4 Å². The highest BCUT2D eigenvalue weighted by atomic mass is 16.5. The first-order valence-electron chi connectivity index (χ1n) is 10.4. The molecule has 1 heterocycles. The SMILES string of the molecule is COc1ccc(C(=O)N2CC(c3ccc(OC)c(OC4CCCC4)c3)CC2=O)cc1. The molecule has 0 bridgehead atoms. The van der Waals surface area contributed by atoms with Crippen molar-refractivity contribution < 1.29 is 23.8 Å². The second kappa shape index (κ2) is 8.78. The molecule has 1 unspecified atom stereocenters. The van der Waals surface area contributed by atoms with Gasteiger partial charge in [0.15, 0.2) is 11.5 Å². The van der Waals surface area contributed by atoms with Gasteiger partial charge in [-0.25, -0.2) is 0 Å². The fourth-order valence-corrected chi connectivity index (χ4v) is 4.24. The van der Waals surface area contributed by atoms with Gasteiger partial charge in [0.25, 0.3) is 5.91 Å². The van der Waals surface area contributed by atoms with Crippen molar-refractivity contribution in [3.63, 3.8) is 0 Å². The average Bonchev–Trinajstić information content (AvgIpc) is 3.43. The summed E-state index contributed by atoms with van der Waals surface area (Å²) in [5.41, 5.74) is 1.46. The van der Waals surface area contributed by atoms with E-state index in [1.54, 1.807) is 38.5 Å². The Bertz CT molecular complexity index is 918. The average molecular weight is 409 g/mol. The Hall–Kier alpha value is -3.02. The lowest BCUT2D eigenvalue weighted by molar-refractivity contribution is -0.125. The van der Waals surface area contributed by atoms with Crippen LogP contribution >= 0.6 is 0 Å². The molecule has 158 valence electrons. The van der Waals surface area contributed by atoms with Crippen molar-refractivity contribution in [2.24, 2.45) is 0 Å². The topological polar surface area (TPSA) is 65.1 Å². The van der Waals surface area contributed by atoms with Crippen LogP contribution in [0.5, 0.6) is 17.2 Å². The second-order valence-electron chi connectivity index (χ2n) is 7.87. The zero-order chi connectivity index (χ0) is 21.1. The van der Waals surface area contributed by atoms with E-state index in [4.69, 9.17) is 14.2 Å². The standard InChI is InChI=1S/C24H27NO5/c1-28-19-10-7-16(8-11-19)24(27)25-15-18(14-23(25)26)17-9-12-21(29-2)22(13-17)30-20-5-3-4-6-20/h7-13,18,20H,3-6,14-15H2,1-2H3. The Morgan fingerprint density at radius 1 is 0.967 bits per heavy atom. The fourth-order valence-electron chi connectivity index (χ4n) is 4.24. The Morgan fingerprint density at radius 2 is 1.70 bits per heavy atom. The summed E-state index contributed by atoms with van der Waals surface area (Å²) < 4.78 is 16.8. The monoisotopic (exact) mass is 409 g/mol. The minimum Gasteiger partial charge on any atom is -0.497 e. The molecule has 2 fully saturated rings. The van der Waals surface area contributed by atoms with Crippen LogP contribution in [0.2, 0.25) is 0 Å². The van der Waals surface area contributed by atoms with Crippen LogP contribution < -0.4 is 14.2 Å². The molecule has 30 heavy (non-hydrogen) atoms. The van der Waals surface area contributed by atoms with Gasteiger partial charge < -0.3 is 14.2 Å². The largest absolute Gasteiger partial charge is 0.497 e. The number of imide groups is 1. The number of carbonyl (C=O) groups excluding carboxylic acids is 2. The molecule has 0 radical (unpaired) electrons. The van der Waals surface area contributed by atoms with E-state index in [1.807, 2.05) is 18.2 Å². The van der Waals surface area contributed by atoms with Crippen molar-refractivity contribution in [2.45, 2.75) is 44.1 Å². The van der Waals surface area contributed by atoms with Crippen molar-refractivity contribution in [3.8, 4) is 17.2 Å². The molecule has 6 nitrogen and oxygen atoms in total. The summed E-state index contributed by atoms with van der Waals surface area (Å²) in [5, 5.41) is 0. The van der Waals surface area contributed by atoms with Gasteiger partial charge in [0, 0.05) is 24.4 Å². The molecule has 0 spiro atoms. The maximum Gasteiger partial charge on any atom is 0.260 e. The number of nitrogens with zero attached hydrogens (tertiary/aromatic N) is 1. The molecule has 1 aliphatic heterocycles. The van der Waals surface area contributed by atoms with E-state index >= 15 is 0 Å². The zero-order valence-electron chi connectivity index (χ0n) is 17.4. The van der Waals surface area contributed by atoms with Crippen molar-refractivity contribution >= 4 is 11.8 Å². The lowest BCUT2D eigenvalue weighted by atomic mass is 9.98. The Kier molecular flexibility index (Phi) is 5.93. The lowest BCUT2D eigenvalue weighted by Gasteiger charge is -2.19. The number of carbonyl (C=O) groups is 2. The van der Waals surface area contributed by atoms with Crippen molar-refractivity contribution in [1.82, 2.24) is 4.90 Å². The summed E-state index contributed by atoms with van der Waals surface area (Å²) in [6.45, 7) is 0.360. The minimum atomic E-state index is -0.277. The van der Waals surface area contributed by atoms with Crippen LogP contribution in [0.25, 0.3) is 0 Å². The Labute approximate surface area is 176 Å². The summed E-state index contributed by atoms with van der Waals surface area (Å²) in [6.07, 6.45) is 5.00. The van der Waals surface area contributed by atoms with Gasteiger partial charge in [-0.15, -0.1) is 0 Å². The smallest absolute Gasteiger partial charge is 0.260 e. The number of hydrogen-bond acceptors (Lipinski definition) is 5. The van der Waals surface area contributed by atoms with E-state index in [0.29, 0.717) is 35.8 Å². The van der Waals surface area contributed by atoms with Crippen LogP contribution in [0.1, 0.15) is 53.9 Å². The normalized spacial score (nSPS) is 19.2. The maximum absolute atomic E-state index is 12.9. The quantitative estimate of drug-likeness (QED) is 0.670. The van der Waals surface area contributed by atoms with Gasteiger partial charge in [0.2, 0.25) is 5.91 Å². The van der Waals surface area contributed by atoms with Gasteiger partial charge >= 0.3 is 0 Å². The van der Waals surface area contributed by atoms with Gasteiger partial charge in [0.05, 0.1) is 20.3 Å². The minimum absolute atomic E-state index is 0.0588. The molecule has 2 aromatic carbocycles. The van der Waals surface area contributed by atoms with E-state index in [9.17, 15) is 9.59 Å². The van der Waals surface area contributed by atoms with Gasteiger partial charge in [-0.2, -0.15) is 0 Å². The predicted molar refractivity (Wildman–Crippen MR) is 112 cm³/mol. The molecule has 1 atom stereocenters. The van der Waals surface area contributed by atoms with Crippen molar-refractivity contribution in [3.05, 3.63) is 53.6 Å². The van der Waals surface area contributed by atoms with Gasteiger partial charge in [-0.1, -0.05) is 6.07 Å². The van der Waals surface area contributed by atoms with E-state index in [1.165, 1.54) is 17.7 Å². The highest BCUT2D eigenvalue weighted by molar-refractivity contribution is 6.06. The fraction of sp³-hybridized carbons (Fsp3) is 0.417. The number of methoxy groups -OCH3 is 2. The van der Waals surface area contributed by atoms with Gasteiger partial charge in [-0.3, -0.25) is 14.5 Å². The summed E-state index contributed by atoms with van der Waals surface area (Å²) in [4.78, 5) is 26.8. The molecule has 2 amide bonds.